The molecule has 0 atom stereocenters. The van der Waals surface area contributed by atoms with Gasteiger partial charge in [0.25, 0.3) is 0 Å². The summed E-state index contributed by atoms with van der Waals surface area (Å²) in [6.45, 7) is 7.08. The number of benzodiazepines with no additional fused rings is 1. The van der Waals surface area contributed by atoms with Crippen molar-refractivity contribution in [3.8, 4) is 0 Å². The Kier molecular flexibility index (Phi) is 4.67. The molecule has 0 radical (unpaired) electrons. The van der Waals surface area contributed by atoms with Crippen molar-refractivity contribution in [2.75, 3.05) is 18.0 Å². The van der Waals surface area contributed by atoms with Crippen LogP contribution in [-0.4, -0.2) is 30.5 Å². The molecule has 2 aromatic rings. The number of hydrogen-bond donors (Lipinski definition) is 0. The lowest BCUT2D eigenvalue weighted by atomic mass is 10.0. The van der Waals surface area contributed by atoms with Crippen LogP contribution in [0.3, 0.4) is 0 Å². The average Bonchev–Trinajstić information content (AvgIpc) is 2.75. The third-order valence-corrected chi connectivity index (χ3v) is 4.20. The minimum Gasteiger partial charge on any atom is -0.341 e. The lowest BCUT2D eigenvalue weighted by Crippen LogP contribution is -2.24. The molecule has 0 saturated heterocycles. The Morgan fingerprint density at radius 2 is 2.22 bits per heavy atom. The highest BCUT2D eigenvalue weighted by molar-refractivity contribution is 9.10. The Hall–Kier alpha value is -2.27. The number of aromatic nitrogens is 1. The molecule has 1 aliphatic heterocycles. The first-order valence-electron chi connectivity index (χ1n) is 7.36. The SMILES string of the molecule is C=N/C=C(/C)N1CCN=C(c2ccccn2)c2cc(Br)ccc21. The number of anilines is 1. The monoisotopic (exact) mass is 368 g/mol. The van der Waals surface area contributed by atoms with Gasteiger partial charge in [-0.2, -0.15) is 0 Å². The molecule has 1 aliphatic rings. The number of pyridine rings is 1. The Balaban J connectivity index is 2.16. The largest absolute Gasteiger partial charge is 0.341 e. The number of fused-ring (bicyclic) bond motifs is 1. The van der Waals surface area contributed by atoms with Gasteiger partial charge in [-0.25, -0.2) is 0 Å². The quantitative estimate of drug-likeness (QED) is 0.766. The minimum absolute atomic E-state index is 0.695. The van der Waals surface area contributed by atoms with Gasteiger partial charge < -0.3 is 4.90 Å². The van der Waals surface area contributed by atoms with E-state index in [1.807, 2.05) is 31.2 Å². The molecule has 2 heterocycles. The van der Waals surface area contributed by atoms with Crippen molar-refractivity contribution >= 4 is 34.0 Å². The molecule has 4 nitrogen and oxygen atoms in total. The minimum atomic E-state index is 0.695. The van der Waals surface area contributed by atoms with Gasteiger partial charge in [0, 0.05) is 34.7 Å². The summed E-state index contributed by atoms with van der Waals surface area (Å²) >= 11 is 3.57. The normalized spacial score (nSPS) is 14.8. The maximum atomic E-state index is 4.79. The number of hydrogen-bond acceptors (Lipinski definition) is 4. The summed E-state index contributed by atoms with van der Waals surface area (Å²) in [6.07, 6.45) is 3.57. The van der Waals surface area contributed by atoms with Crippen LogP contribution < -0.4 is 4.90 Å². The zero-order chi connectivity index (χ0) is 16.2. The zero-order valence-corrected chi connectivity index (χ0v) is 14.5. The maximum absolute atomic E-state index is 4.79. The molecule has 0 spiro atoms. The van der Waals surface area contributed by atoms with E-state index in [0.29, 0.717) is 6.54 Å². The van der Waals surface area contributed by atoms with Gasteiger partial charge in [-0.05, 0) is 44.0 Å². The molecule has 0 fully saturated rings. The van der Waals surface area contributed by atoms with E-state index < -0.39 is 0 Å². The van der Waals surface area contributed by atoms with E-state index in [9.17, 15) is 0 Å². The standard InChI is InChI=1S/C18H17BrN4/c1-13(12-20-2)23-10-9-22-18(16-5-3-4-8-21-16)15-11-14(19)6-7-17(15)23/h3-8,11-12H,2,9-10H2,1H3/b13-12-. The molecule has 0 aliphatic carbocycles. The van der Waals surface area contributed by atoms with E-state index in [2.05, 4.69) is 49.7 Å². The summed E-state index contributed by atoms with van der Waals surface area (Å²) < 4.78 is 1.02. The van der Waals surface area contributed by atoms with Crippen LogP contribution >= 0.6 is 15.9 Å². The van der Waals surface area contributed by atoms with E-state index in [0.717, 1.165) is 39.4 Å². The van der Waals surface area contributed by atoms with Crippen LogP contribution in [0.1, 0.15) is 18.2 Å². The molecule has 1 aromatic heterocycles. The van der Waals surface area contributed by atoms with Gasteiger partial charge >= 0.3 is 0 Å². The van der Waals surface area contributed by atoms with Crippen LogP contribution in [0.25, 0.3) is 0 Å². The number of halogens is 1. The highest BCUT2D eigenvalue weighted by atomic mass is 79.9. The fourth-order valence-electron chi connectivity index (χ4n) is 2.69. The predicted molar refractivity (Wildman–Crippen MR) is 99.5 cm³/mol. The highest BCUT2D eigenvalue weighted by Crippen LogP contribution is 2.31. The molecule has 0 bridgehead atoms. The smallest absolute Gasteiger partial charge is 0.0925 e. The molecule has 5 heteroatoms. The number of aliphatic imine (C=N–C) groups is 2. The summed E-state index contributed by atoms with van der Waals surface area (Å²) in [5, 5.41) is 0. The molecule has 0 unspecified atom stereocenters. The van der Waals surface area contributed by atoms with Crippen molar-refractivity contribution < 1.29 is 0 Å². The Morgan fingerprint density at radius 3 is 2.96 bits per heavy atom. The second-order valence-corrected chi connectivity index (χ2v) is 6.13. The van der Waals surface area contributed by atoms with Crippen LogP contribution in [-0.2, 0) is 0 Å². The van der Waals surface area contributed by atoms with Gasteiger partial charge in [0.2, 0.25) is 0 Å². The van der Waals surface area contributed by atoms with Gasteiger partial charge in [-0.1, -0.05) is 22.0 Å². The molecule has 23 heavy (non-hydrogen) atoms. The lowest BCUT2D eigenvalue weighted by Gasteiger charge is -2.25. The van der Waals surface area contributed by atoms with E-state index in [4.69, 9.17) is 4.99 Å². The van der Waals surface area contributed by atoms with Crippen molar-refractivity contribution in [2.24, 2.45) is 9.98 Å². The first-order chi connectivity index (χ1) is 11.2. The average molecular weight is 369 g/mol. The molecule has 3 rings (SSSR count). The zero-order valence-electron chi connectivity index (χ0n) is 12.9. The third kappa shape index (κ3) is 3.24. The Morgan fingerprint density at radius 1 is 1.35 bits per heavy atom. The van der Waals surface area contributed by atoms with Crippen molar-refractivity contribution in [2.45, 2.75) is 6.92 Å². The molecule has 0 saturated carbocycles. The van der Waals surface area contributed by atoms with E-state index in [1.165, 1.54) is 0 Å². The Bertz CT molecular complexity index is 781. The molecular weight excluding hydrogens is 352 g/mol. The summed E-state index contributed by atoms with van der Waals surface area (Å²) in [5.41, 5.74) is 5.02. The molecule has 116 valence electrons. The van der Waals surface area contributed by atoms with Gasteiger partial charge in [-0.15, -0.1) is 0 Å². The third-order valence-electron chi connectivity index (χ3n) is 3.71. The summed E-state index contributed by atoms with van der Waals surface area (Å²) in [4.78, 5) is 15.4. The number of nitrogens with zero attached hydrogens (tertiary/aromatic N) is 4. The first kappa shape index (κ1) is 15.6. The van der Waals surface area contributed by atoms with Crippen molar-refractivity contribution in [1.29, 1.82) is 0 Å². The van der Waals surface area contributed by atoms with Crippen LogP contribution in [0.15, 0.2) is 68.9 Å². The number of rotatable bonds is 3. The molecule has 1 aromatic carbocycles. The predicted octanol–water partition coefficient (Wildman–Crippen LogP) is 4.06. The summed E-state index contributed by atoms with van der Waals surface area (Å²) in [6, 6.07) is 12.1. The summed E-state index contributed by atoms with van der Waals surface area (Å²) in [7, 11) is 0. The van der Waals surface area contributed by atoms with Gasteiger partial charge in [-0.3, -0.25) is 15.0 Å². The van der Waals surface area contributed by atoms with E-state index in [-0.39, 0.29) is 0 Å². The van der Waals surface area contributed by atoms with E-state index in [1.54, 1.807) is 12.4 Å². The van der Waals surface area contributed by atoms with Crippen molar-refractivity contribution in [3.05, 3.63) is 70.2 Å². The van der Waals surface area contributed by atoms with Crippen LogP contribution in [0.5, 0.6) is 0 Å². The van der Waals surface area contributed by atoms with Crippen LogP contribution in [0.4, 0.5) is 5.69 Å². The molecular formula is C18H17BrN4. The van der Waals surface area contributed by atoms with Crippen molar-refractivity contribution in [1.82, 2.24) is 4.98 Å². The van der Waals surface area contributed by atoms with Gasteiger partial charge in [0.05, 0.1) is 23.6 Å². The Labute approximate surface area is 144 Å². The summed E-state index contributed by atoms with van der Waals surface area (Å²) in [5.74, 6) is 0. The fraction of sp³-hybridized carbons (Fsp3) is 0.167. The fourth-order valence-corrected chi connectivity index (χ4v) is 3.05. The van der Waals surface area contributed by atoms with Crippen LogP contribution in [0, 0.1) is 0 Å². The second kappa shape index (κ2) is 6.87. The van der Waals surface area contributed by atoms with Crippen molar-refractivity contribution in [3.63, 3.8) is 0 Å². The topological polar surface area (TPSA) is 40.9 Å². The number of benzene rings is 1. The van der Waals surface area contributed by atoms with Crippen LogP contribution in [0.2, 0.25) is 0 Å². The maximum Gasteiger partial charge on any atom is 0.0925 e. The van der Waals surface area contributed by atoms with E-state index >= 15 is 0 Å². The van der Waals surface area contributed by atoms with Gasteiger partial charge in [0.15, 0.2) is 0 Å². The molecule has 0 N–H and O–H groups in total. The second-order valence-electron chi connectivity index (χ2n) is 5.21. The molecule has 0 amide bonds. The highest BCUT2D eigenvalue weighted by Gasteiger charge is 2.21. The van der Waals surface area contributed by atoms with Gasteiger partial charge in [0.1, 0.15) is 0 Å². The number of allylic oxidation sites excluding steroid dienone is 1. The first-order valence-corrected chi connectivity index (χ1v) is 8.16. The lowest BCUT2D eigenvalue weighted by molar-refractivity contribution is 0.886.